The summed E-state index contributed by atoms with van der Waals surface area (Å²) in [5, 5.41) is 9.49. The molecule has 1 aromatic heterocycles. The molecule has 1 aliphatic rings. The monoisotopic (exact) mass is 282 g/mol. The van der Waals surface area contributed by atoms with Gasteiger partial charge in [-0.1, -0.05) is 36.4 Å². The zero-order valence-electron chi connectivity index (χ0n) is 11.7. The highest BCUT2D eigenvalue weighted by atomic mass is 16.4. The van der Waals surface area contributed by atoms with E-state index in [-0.39, 0.29) is 12.0 Å². The third-order valence-electron chi connectivity index (χ3n) is 4.07. The van der Waals surface area contributed by atoms with Crippen LogP contribution in [0.1, 0.15) is 23.6 Å². The summed E-state index contributed by atoms with van der Waals surface area (Å²) in [7, 11) is 0. The topological polar surface area (TPSA) is 53.4 Å². The molecule has 2 atom stereocenters. The summed E-state index contributed by atoms with van der Waals surface area (Å²) in [4.78, 5) is 17.9. The molecule has 3 rings (SSSR count). The van der Waals surface area contributed by atoms with Crippen molar-refractivity contribution in [3.8, 4) is 0 Å². The lowest BCUT2D eigenvalue weighted by Crippen LogP contribution is -2.28. The molecule has 4 nitrogen and oxygen atoms in total. The van der Waals surface area contributed by atoms with Crippen LogP contribution in [0.2, 0.25) is 0 Å². The molecule has 4 heteroatoms. The summed E-state index contributed by atoms with van der Waals surface area (Å²) in [6, 6.07) is 13.8. The van der Waals surface area contributed by atoms with E-state index in [9.17, 15) is 9.90 Å². The number of rotatable bonds is 4. The van der Waals surface area contributed by atoms with Crippen LogP contribution in [-0.4, -0.2) is 27.5 Å². The Labute approximate surface area is 124 Å². The molecule has 21 heavy (non-hydrogen) atoms. The largest absolute Gasteiger partial charge is 0.481 e. The van der Waals surface area contributed by atoms with E-state index in [2.05, 4.69) is 9.88 Å². The van der Waals surface area contributed by atoms with E-state index < -0.39 is 5.97 Å². The Balaban J connectivity index is 1.87. The lowest BCUT2D eigenvalue weighted by molar-refractivity contribution is -0.142. The molecule has 1 fully saturated rings. The number of carboxylic acids is 1. The molecule has 1 N–H and O–H groups in total. The van der Waals surface area contributed by atoms with Gasteiger partial charge in [0.2, 0.25) is 0 Å². The smallest absolute Gasteiger partial charge is 0.308 e. The first-order valence-electron chi connectivity index (χ1n) is 7.16. The van der Waals surface area contributed by atoms with Crippen LogP contribution in [0.15, 0.2) is 54.9 Å². The molecular weight excluding hydrogens is 264 g/mol. The number of hydrogen-bond acceptors (Lipinski definition) is 3. The Kier molecular flexibility index (Phi) is 3.97. The molecule has 0 saturated carbocycles. The number of carbonyl (C=O) groups is 1. The molecule has 1 saturated heterocycles. The van der Waals surface area contributed by atoms with Gasteiger partial charge in [0.25, 0.3) is 0 Å². The van der Waals surface area contributed by atoms with Crippen LogP contribution < -0.4 is 0 Å². The maximum Gasteiger partial charge on any atom is 0.308 e. The highest BCUT2D eigenvalue weighted by Crippen LogP contribution is 2.38. The zero-order valence-corrected chi connectivity index (χ0v) is 11.7. The molecular formula is C17H18N2O2. The normalized spacial score (nSPS) is 22.3. The lowest BCUT2D eigenvalue weighted by atomic mass is 9.94. The third kappa shape index (κ3) is 2.95. The molecule has 1 aromatic carbocycles. The van der Waals surface area contributed by atoms with Crippen LogP contribution in [0.25, 0.3) is 0 Å². The number of nitrogens with zero attached hydrogens (tertiary/aromatic N) is 2. The third-order valence-corrected chi connectivity index (χ3v) is 4.07. The Morgan fingerprint density at radius 1 is 1.24 bits per heavy atom. The second-order valence-electron chi connectivity index (χ2n) is 5.42. The first-order chi connectivity index (χ1) is 10.3. The SMILES string of the molecule is O=C(O)C1CCN(Cc2cccnc2)C1c1ccccc1. The van der Waals surface area contributed by atoms with Crippen molar-refractivity contribution in [1.29, 1.82) is 0 Å². The molecule has 0 amide bonds. The van der Waals surface area contributed by atoms with Crippen LogP contribution in [0.4, 0.5) is 0 Å². The van der Waals surface area contributed by atoms with Gasteiger partial charge in [0.1, 0.15) is 0 Å². The first kappa shape index (κ1) is 13.8. The van der Waals surface area contributed by atoms with Crippen molar-refractivity contribution in [1.82, 2.24) is 9.88 Å². The van der Waals surface area contributed by atoms with Crippen molar-refractivity contribution in [2.24, 2.45) is 5.92 Å². The van der Waals surface area contributed by atoms with Gasteiger partial charge in [0, 0.05) is 31.5 Å². The average Bonchev–Trinajstić information content (AvgIpc) is 2.93. The number of pyridine rings is 1. The maximum absolute atomic E-state index is 11.5. The summed E-state index contributed by atoms with van der Waals surface area (Å²) in [6.07, 6.45) is 4.29. The summed E-state index contributed by atoms with van der Waals surface area (Å²) >= 11 is 0. The first-order valence-corrected chi connectivity index (χ1v) is 7.16. The van der Waals surface area contributed by atoms with Gasteiger partial charge >= 0.3 is 5.97 Å². The van der Waals surface area contributed by atoms with Gasteiger partial charge in [-0.2, -0.15) is 0 Å². The van der Waals surface area contributed by atoms with E-state index in [0.29, 0.717) is 6.42 Å². The van der Waals surface area contributed by atoms with E-state index in [4.69, 9.17) is 0 Å². The van der Waals surface area contributed by atoms with Crippen molar-refractivity contribution in [2.75, 3.05) is 6.54 Å². The Morgan fingerprint density at radius 3 is 2.71 bits per heavy atom. The zero-order chi connectivity index (χ0) is 14.7. The van der Waals surface area contributed by atoms with Crippen LogP contribution >= 0.6 is 0 Å². The predicted octanol–water partition coefficient (Wildman–Crippen LogP) is 2.73. The number of benzene rings is 1. The standard InChI is InChI=1S/C17H18N2O2/c20-17(21)15-8-10-19(12-13-5-4-9-18-11-13)16(15)14-6-2-1-3-7-14/h1-7,9,11,15-16H,8,10,12H2,(H,20,21). The van der Waals surface area contributed by atoms with Crippen LogP contribution in [0.5, 0.6) is 0 Å². The Bertz CT molecular complexity index is 601. The molecule has 0 bridgehead atoms. The van der Waals surface area contributed by atoms with Crippen LogP contribution in [0, 0.1) is 5.92 Å². The Morgan fingerprint density at radius 2 is 2.05 bits per heavy atom. The fourth-order valence-electron chi connectivity index (χ4n) is 3.11. The minimum atomic E-state index is -0.711. The second-order valence-corrected chi connectivity index (χ2v) is 5.42. The van der Waals surface area contributed by atoms with Crippen molar-refractivity contribution in [3.05, 3.63) is 66.0 Å². The summed E-state index contributed by atoms with van der Waals surface area (Å²) in [5.41, 5.74) is 2.19. The highest BCUT2D eigenvalue weighted by molar-refractivity contribution is 5.71. The fourth-order valence-corrected chi connectivity index (χ4v) is 3.11. The lowest BCUT2D eigenvalue weighted by Gasteiger charge is -2.27. The average molecular weight is 282 g/mol. The van der Waals surface area contributed by atoms with E-state index >= 15 is 0 Å². The molecule has 1 aliphatic heterocycles. The summed E-state index contributed by atoms with van der Waals surface area (Å²) in [6.45, 7) is 1.53. The van der Waals surface area contributed by atoms with Crippen molar-refractivity contribution >= 4 is 5.97 Å². The van der Waals surface area contributed by atoms with Gasteiger partial charge in [-0.15, -0.1) is 0 Å². The van der Waals surface area contributed by atoms with Crippen LogP contribution in [0.3, 0.4) is 0 Å². The van der Waals surface area contributed by atoms with Gasteiger partial charge < -0.3 is 5.11 Å². The minimum Gasteiger partial charge on any atom is -0.481 e. The quantitative estimate of drug-likeness (QED) is 0.937. The fraction of sp³-hybridized carbons (Fsp3) is 0.294. The maximum atomic E-state index is 11.5. The molecule has 0 aliphatic carbocycles. The van der Waals surface area contributed by atoms with E-state index in [1.165, 1.54) is 0 Å². The molecule has 0 spiro atoms. The van der Waals surface area contributed by atoms with Crippen molar-refractivity contribution in [2.45, 2.75) is 19.0 Å². The number of hydrogen-bond donors (Lipinski definition) is 1. The van der Waals surface area contributed by atoms with E-state index in [0.717, 1.165) is 24.2 Å². The molecule has 2 aromatic rings. The molecule has 2 unspecified atom stereocenters. The summed E-state index contributed by atoms with van der Waals surface area (Å²) in [5.74, 6) is -1.05. The Hall–Kier alpha value is -2.20. The van der Waals surface area contributed by atoms with Crippen LogP contribution in [-0.2, 0) is 11.3 Å². The molecule has 2 heterocycles. The van der Waals surface area contributed by atoms with Gasteiger partial charge in [-0.25, -0.2) is 0 Å². The number of aromatic nitrogens is 1. The predicted molar refractivity (Wildman–Crippen MR) is 79.6 cm³/mol. The van der Waals surface area contributed by atoms with Gasteiger partial charge in [0.05, 0.1) is 5.92 Å². The van der Waals surface area contributed by atoms with Gasteiger partial charge in [-0.3, -0.25) is 14.7 Å². The van der Waals surface area contributed by atoms with Crippen molar-refractivity contribution in [3.63, 3.8) is 0 Å². The van der Waals surface area contributed by atoms with Crippen molar-refractivity contribution < 1.29 is 9.90 Å². The highest BCUT2D eigenvalue weighted by Gasteiger charge is 2.39. The summed E-state index contributed by atoms with van der Waals surface area (Å²) < 4.78 is 0. The number of carboxylic acid groups (broad SMARTS) is 1. The molecule has 108 valence electrons. The van der Waals surface area contributed by atoms with Gasteiger partial charge in [0.15, 0.2) is 0 Å². The molecule has 0 radical (unpaired) electrons. The van der Waals surface area contributed by atoms with Gasteiger partial charge in [-0.05, 0) is 23.6 Å². The minimum absolute atomic E-state index is 0.0658. The van der Waals surface area contributed by atoms with E-state index in [1.54, 1.807) is 6.20 Å². The van der Waals surface area contributed by atoms with E-state index in [1.807, 2.05) is 48.7 Å². The number of likely N-dealkylation sites (tertiary alicyclic amines) is 1. The number of aliphatic carboxylic acids is 1. The second kappa shape index (κ2) is 6.06.